The van der Waals surface area contributed by atoms with E-state index in [1.807, 2.05) is 44.2 Å². The Hall–Kier alpha value is -1.59. The van der Waals surface area contributed by atoms with Crippen molar-refractivity contribution in [3.05, 3.63) is 35.9 Å². The molecule has 1 amide bonds. The molecule has 0 fully saturated rings. The summed E-state index contributed by atoms with van der Waals surface area (Å²) in [4.78, 5) is 12.1. The number of ether oxygens (including phenoxy) is 1. The maximum absolute atomic E-state index is 12.1. The lowest BCUT2D eigenvalue weighted by Gasteiger charge is -2.30. The predicted molar refractivity (Wildman–Crippen MR) is 94.8 cm³/mol. The summed E-state index contributed by atoms with van der Waals surface area (Å²) in [5.41, 5.74) is 0.345. The monoisotopic (exact) mass is 337 g/mol. The molecule has 1 aromatic carbocycles. The summed E-state index contributed by atoms with van der Waals surface area (Å²) in [5.74, 6) is 0.244. The standard InChI is InChI=1S/C19H31NO4/c1-13(2)11-16(21)17(22)15(12-14-9-7-6-8-10-14)20-18(23)24-19(3,4)5/h6-10,13,15-17,21-22H,11-12H2,1-5H3,(H,20,23). The zero-order valence-electron chi connectivity index (χ0n) is 15.3. The highest BCUT2D eigenvalue weighted by molar-refractivity contribution is 5.68. The second kappa shape index (κ2) is 9.04. The third kappa shape index (κ3) is 7.79. The molecule has 3 N–H and O–H groups in total. The maximum atomic E-state index is 12.1. The topological polar surface area (TPSA) is 78.8 Å². The van der Waals surface area contributed by atoms with Gasteiger partial charge in [-0.25, -0.2) is 4.79 Å². The van der Waals surface area contributed by atoms with E-state index in [2.05, 4.69) is 5.32 Å². The van der Waals surface area contributed by atoms with Crippen molar-refractivity contribution >= 4 is 6.09 Å². The van der Waals surface area contributed by atoms with Crippen LogP contribution in [0.15, 0.2) is 30.3 Å². The fraction of sp³-hybridized carbons (Fsp3) is 0.632. The van der Waals surface area contributed by atoms with E-state index >= 15 is 0 Å². The first kappa shape index (κ1) is 20.5. The second-order valence-electron chi connectivity index (χ2n) is 7.63. The first-order valence-corrected chi connectivity index (χ1v) is 8.48. The van der Waals surface area contributed by atoms with Gasteiger partial charge in [0.25, 0.3) is 0 Å². The Bertz CT molecular complexity index is 496. The van der Waals surface area contributed by atoms with Crippen LogP contribution in [0.4, 0.5) is 4.79 Å². The molecular formula is C19H31NO4. The van der Waals surface area contributed by atoms with E-state index < -0.39 is 29.9 Å². The number of carbonyl (C=O) groups is 1. The molecule has 3 unspecified atom stereocenters. The van der Waals surface area contributed by atoms with E-state index in [1.165, 1.54) is 0 Å². The van der Waals surface area contributed by atoms with Crippen LogP contribution < -0.4 is 5.32 Å². The maximum Gasteiger partial charge on any atom is 0.407 e. The third-order valence-electron chi connectivity index (χ3n) is 3.52. The second-order valence-corrected chi connectivity index (χ2v) is 7.63. The summed E-state index contributed by atoms with van der Waals surface area (Å²) >= 11 is 0. The number of hydrogen-bond donors (Lipinski definition) is 3. The number of benzene rings is 1. The van der Waals surface area contributed by atoms with Gasteiger partial charge < -0.3 is 20.3 Å². The first-order valence-electron chi connectivity index (χ1n) is 8.48. The van der Waals surface area contributed by atoms with Crippen LogP contribution in [0.2, 0.25) is 0 Å². The molecule has 0 aliphatic carbocycles. The van der Waals surface area contributed by atoms with Crippen molar-refractivity contribution in [1.82, 2.24) is 5.32 Å². The number of carbonyl (C=O) groups excluding carboxylic acids is 1. The summed E-state index contributed by atoms with van der Waals surface area (Å²) in [6.45, 7) is 9.29. The van der Waals surface area contributed by atoms with Crippen LogP contribution in [0.5, 0.6) is 0 Å². The average molecular weight is 337 g/mol. The molecule has 3 atom stereocenters. The number of amides is 1. The van der Waals surface area contributed by atoms with Crippen molar-refractivity contribution in [2.45, 2.75) is 71.3 Å². The van der Waals surface area contributed by atoms with Crippen molar-refractivity contribution in [3.63, 3.8) is 0 Å². The molecule has 136 valence electrons. The van der Waals surface area contributed by atoms with Gasteiger partial charge in [-0.15, -0.1) is 0 Å². The molecule has 0 heterocycles. The van der Waals surface area contributed by atoms with Crippen LogP contribution in [0.3, 0.4) is 0 Å². The Morgan fingerprint density at radius 3 is 2.25 bits per heavy atom. The Morgan fingerprint density at radius 2 is 1.75 bits per heavy atom. The largest absolute Gasteiger partial charge is 0.444 e. The van der Waals surface area contributed by atoms with E-state index in [4.69, 9.17) is 4.74 Å². The SMILES string of the molecule is CC(C)CC(O)C(O)C(Cc1ccccc1)NC(=O)OC(C)(C)C. The Kier molecular flexibility index (Phi) is 7.70. The summed E-state index contributed by atoms with van der Waals surface area (Å²) in [6, 6.07) is 8.92. The zero-order valence-corrected chi connectivity index (χ0v) is 15.3. The van der Waals surface area contributed by atoms with E-state index in [0.717, 1.165) is 5.56 Å². The zero-order chi connectivity index (χ0) is 18.3. The molecule has 0 saturated heterocycles. The van der Waals surface area contributed by atoms with E-state index in [-0.39, 0.29) is 5.92 Å². The number of alkyl carbamates (subject to hydrolysis) is 1. The lowest BCUT2D eigenvalue weighted by molar-refractivity contribution is -0.0177. The molecule has 0 spiro atoms. The van der Waals surface area contributed by atoms with Crippen LogP contribution in [0, 0.1) is 5.92 Å². The van der Waals surface area contributed by atoms with Crippen LogP contribution in [-0.4, -0.2) is 40.2 Å². The average Bonchev–Trinajstić information content (AvgIpc) is 2.44. The van der Waals surface area contributed by atoms with Gasteiger partial charge in [-0.05, 0) is 45.1 Å². The van der Waals surface area contributed by atoms with Gasteiger partial charge in [-0.3, -0.25) is 0 Å². The fourth-order valence-electron chi connectivity index (χ4n) is 2.47. The molecule has 5 nitrogen and oxygen atoms in total. The van der Waals surface area contributed by atoms with Gasteiger partial charge in [-0.2, -0.15) is 0 Å². The molecule has 0 bridgehead atoms. The Labute approximate surface area is 145 Å². The molecule has 0 aliphatic rings. The van der Waals surface area contributed by atoms with Crippen molar-refractivity contribution in [2.75, 3.05) is 0 Å². The smallest absolute Gasteiger partial charge is 0.407 e. The number of aliphatic hydroxyl groups is 2. The molecule has 24 heavy (non-hydrogen) atoms. The van der Waals surface area contributed by atoms with Gasteiger partial charge in [0.1, 0.15) is 11.7 Å². The van der Waals surface area contributed by atoms with Gasteiger partial charge >= 0.3 is 6.09 Å². The van der Waals surface area contributed by atoms with Crippen LogP contribution in [-0.2, 0) is 11.2 Å². The lowest BCUT2D eigenvalue weighted by Crippen LogP contribution is -2.51. The number of rotatable bonds is 7. The first-order chi connectivity index (χ1) is 11.1. The fourth-order valence-corrected chi connectivity index (χ4v) is 2.47. The Morgan fingerprint density at radius 1 is 1.17 bits per heavy atom. The van der Waals surface area contributed by atoms with Crippen LogP contribution in [0.25, 0.3) is 0 Å². The van der Waals surface area contributed by atoms with Crippen LogP contribution in [0.1, 0.15) is 46.6 Å². The number of nitrogens with one attached hydrogen (secondary N) is 1. The van der Waals surface area contributed by atoms with Crippen LogP contribution >= 0.6 is 0 Å². The van der Waals surface area contributed by atoms with E-state index in [0.29, 0.717) is 12.8 Å². The van der Waals surface area contributed by atoms with Gasteiger partial charge in [-0.1, -0.05) is 44.2 Å². The predicted octanol–water partition coefficient (Wildman–Crippen LogP) is 2.89. The third-order valence-corrected chi connectivity index (χ3v) is 3.52. The normalized spacial score (nSPS) is 15.7. The molecule has 0 saturated carbocycles. The minimum Gasteiger partial charge on any atom is -0.444 e. The highest BCUT2D eigenvalue weighted by atomic mass is 16.6. The molecular weight excluding hydrogens is 306 g/mol. The molecule has 5 heteroatoms. The lowest BCUT2D eigenvalue weighted by atomic mass is 9.93. The number of aliphatic hydroxyl groups excluding tert-OH is 2. The van der Waals surface area contributed by atoms with Crippen molar-refractivity contribution in [1.29, 1.82) is 0 Å². The molecule has 0 aliphatic heterocycles. The van der Waals surface area contributed by atoms with Gasteiger partial charge in [0, 0.05) is 0 Å². The highest BCUT2D eigenvalue weighted by Gasteiger charge is 2.30. The molecule has 1 rings (SSSR count). The Balaban J connectivity index is 2.84. The van der Waals surface area contributed by atoms with E-state index in [9.17, 15) is 15.0 Å². The summed E-state index contributed by atoms with van der Waals surface area (Å²) in [6.07, 6.45) is -1.70. The summed E-state index contributed by atoms with van der Waals surface area (Å²) in [5, 5.41) is 23.5. The van der Waals surface area contributed by atoms with Crippen molar-refractivity contribution in [2.24, 2.45) is 5.92 Å². The minimum atomic E-state index is -1.07. The summed E-state index contributed by atoms with van der Waals surface area (Å²) < 4.78 is 5.27. The number of hydrogen-bond acceptors (Lipinski definition) is 4. The van der Waals surface area contributed by atoms with Crippen molar-refractivity contribution < 1.29 is 19.7 Å². The highest BCUT2D eigenvalue weighted by Crippen LogP contribution is 2.15. The van der Waals surface area contributed by atoms with Gasteiger partial charge in [0.2, 0.25) is 0 Å². The van der Waals surface area contributed by atoms with E-state index in [1.54, 1.807) is 20.8 Å². The quantitative estimate of drug-likeness (QED) is 0.715. The molecule has 1 aromatic rings. The summed E-state index contributed by atoms with van der Waals surface area (Å²) in [7, 11) is 0. The molecule has 0 aromatic heterocycles. The van der Waals surface area contributed by atoms with Gasteiger partial charge in [0.05, 0.1) is 12.1 Å². The minimum absolute atomic E-state index is 0.244. The van der Waals surface area contributed by atoms with Gasteiger partial charge in [0.15, 0.2) is 0 Å². The van der Waals surface area contributed by atoms with Crippen molar-refractivity contribution in [3.8, 4) is 0 Å². The molecule has 0 radical (unpaired) electrons.